The summed E-state index contributed by atoms with van der Waals surface area (Å²) in [6.45, 7) is 1.28. The molecule has 1 aromatic rings. The first-order valence-corrected chi connectivity index (χ1v) is 5.68. The molecule has 0 unspecified atom stereocenters. The minimum atomic E-state index is -0.177. The largest absolute Gasteiger partial charge is 0.474 e. The monoisotopic (exact) mass is 243 g/mol. The molecule has 0 aliphatic carbocycles. The van der Waals surface area contributed by atoms with Crippen LogP contribution in [0, 0.1) is 0 Å². The molecule has 0 spiro atoms. The molecule has 0 aromatic carbocycles. The van der Waals surface area contributed by atoms with E-state index in [1.807, 2.05) is 0 Å². The molecule has 1 aromatic heterocycles. The van der Waals surface area contributed by atoms with E-state index in [9.17, 15) is 0 Å². The number of aliphatic hydroxyl groups excluding tert-OH is 1. The first-order valence-electron chi connectivity index (χ1n) is 5.30. The maximum atomic E-state index is 9.03. The van der Waals surface area contributed by atoms with Crippen molar-refractivity contribution in [2.75, 3.05) is 13.2 Å². The third-order valence-corrected chi connectivity index (χ3v) is 2.84. The van der Waals surface area contributed by atoms with Crippen LogP contribution in [0.3, 0.4) is 0 Å². The van der Waals surface area contributed by atoms with Gasteiger partial charge in [-0.25, -0.2) is 4.98 Å². The first kappa shape index (κ1) is 11.6. The molecule has 0 amide bonds. The molecule has 1 aliphatic rings. The highest BCUT2D eigenvalue weighted by molar-refractivity contribution is 6.31. The summed E-state index contributed by atoms with van der Waals surface area (Å²) in [5.74, 6) is 0.514. The van der Waals surface area contributed by atoms with Crippen molar-refractivity contribution in [2.45, 2.75) is 25.6 Å². The van der Waals surface area contributed by atoms with Crippen LogP contribution < -0.4 is 4.74 Å². The normalized spacial score (nSPS) is 17.4. The fourth-order valence-electron chi connectivity index (χ4n) is 1.61. The van der Waals surface area contributed by atoms with Crippen molar-refractivity contribution in [3.8, 4) is 5.88 Å². The maximum Gasteiger partial charge on any atom is 0.213 e. The second-order valence-electron chi connectivity index (χ2n) is 3.67. The number of ether oxygens (including phenoxy) is 2. The van der Waals surface area contributed by atoms with Crippen molar-refractivity contribution in [1.82, 2.24) is 4.98 Å². The van der Waals surface area contributed by atoms with Crippen molar-refractivity contribution in [3.63, 3.8) is 0 Å². The number of halogens is 1. The van der Waals surface area contributed by atoms with Crippen molar-refractivity contribution in [2.24, 2.45) is 0 Å². The molecule has 0 atom stereocenters. The number of hydrogen-bond donors (Lipinski definition) is 1. The van der Waals surface area contributed by atoms with Crippen molar-refractivity contribution in [3.05, 3.63) is 22.8 Å². The maximum absolute atomic E-state index is 9.03. The van der Waals surface area contributed by atoms with Gasteiger partial charge in [0, 0.05) is 18.9 Å². The Morgan fingerprint density at radius 1 is 1.44 bits per heavy atom. The van der Waals surface area contributed by atoms with Gasteiger partial charge in [-0.05, 0) is 6.07 Å². The highest BCUT2D eigenvalue weighted by Crippen LogP contribution is 2.20. The van der Waals surface area contributed by atoms with Crippen LogP contribution in [-0.4, -0.2) is 29.4 Å². The number of pyridine rings is 1. The van der Waals surface area contributed by atoms with Crippen LogP contribution in [0.25, 0.3) is 0 Å². The van der Waals surface area contributed by atoms with Crippen molar-refractivity contribution < 1.29 is 14.6 Å². The highest BCUT2D eigenvalue weighted by Gasteiger charge is 2.16. The minimum absolute atomic E-state index is 0.147. The highest BCUT2D eigenvalue weighted by atomic mass is 35.5. The van der Waals surface area contributed by atoms with Gasteiger partial charge in [-0.2, -0.15) is 0 Å². The SMILES string of the molecule is OCc1nc(OC2CCOCC2)ccc1Cl. The molecule has 2 heterocycles. The lowest BCUT2D eigenvalue weighted by Crippen LogP contribution is -2.26. The Balaban J connectivity index is 2.03. The van der Waals surface area contributed by atoms with Crippen molar-refractivity contribution >= 4 is 11.6 Å². The van der Waals surface area contributed by atoms with E-state index in [-0.39, 0.29) is 12.7 Å². The molecular weight excluding hydrogens is 230 g/mol. The molecule has 0 bridgehead atoms. The number of aromatic nitrogens is 1. The average Bonchev–Trinajstić information content (AvgIpc) is 2.33. The number of hydrogen-bond acceptors (Lipinski definition) is 4. The fraction of sp³-hybridized carbons (Fsp3) is 0.545. The van der Waals surface area contributed by atoms with Gasteiger partial charge in [-0.1, -0.05) is 11.6 Å². The standard InChI is InChI=1S/C11H14ClNO3/c12-9-1-2-11(13-10(9)7-14)16-8-3-5-15-6-4-8/h1-2,8,14H,3-7H2. The van der Waals surface area contributed by atoms with E-state index in [1.54, 1.807) is 12.1 Å². The zero-order valence-corrected chi connectivity index (χ0v) is 9.61. The van der Waals surface area contributed by atoms with Crippen LogP contribution in [-0.2, 0) is 11.3 Å². The van der Waals surface area contributed by atoms with Crippen molar-refractivity contribution in [1.29, 1.82) is 0 Å². The lowest BCUT2D eigenvalue weighted by Gasteiger charge is -2.22. The smallest absolute Gasteiger partial charge is 0.213 e. The minimum Gasteiger partial charge on any atom is -0.474 e. The Kier molecular flexibility index (Phi) is 3.98. The Morgan fingerprint density at radius 3 is 2.88 bits per heavy atom. The number of aliphatic hydroxyl groups is 1. The van der Waals surface area contributed by atoms with E-state index in [0.717, 1.165) is 26.1 Å². The Hall–Kier alpha value is -0.840. The van der Waals surface area contributed by atoms with E-state index < -0.39 is 0 Å². The van der Waals surface area contributed by atoms with Gasteiger partial charge < -0.3 is 14.6 Å². The van der Waals surface area contributed by atoms with Gasteiger partial charge in [0.05, 0.1) is 30.5 Å². The Morgan fingerprint density at radius 2 is 2.19 bits per heavy atom. The molecule has 1 aliphatic heterocycles. The second-order valence-corrected chi connectivity index (χ2v) is 4.07. The third-order valence-electron chi connectivity index (χ3n) is 2.50. The third kappa shape index (κ3) is 2.84. The van der Waals surface area contributed by atoms with Gasteiger partial charge in [0.2, 0.25) is 5.88 Å². The van der Waals surface area contributed by atoms with Gasteiger partial charge in [-0.3, -0.25) is 0 Å². The van der Waals surface area contributed by atoms with E-state index in [1.165, 1.54) is 0 Å². The van der Waals surface area contributed by atoms with Gasteiger partial charge in [-0.15, -0.1) is 0 Å². The summed E-state index contributed by atoms with van der Waals surface area (Å²) in [4.78, 5) is 4.14. The first-order chi connectivity index (χ1) is 7.79. The molecule has 2 rings (SSSR count). The van der Waals surface area contributed by atoms with Crippen LogP contribution in [0.15, 0.2) is 12.1 Å². The lowest BCUT2D eigenvalue weighted by molar-refractivity contribution is 0.0235. The van der Waals surface area contributed by atoms with Gasteiger partial charge in [0.15, 0.2) is 0 Å². The van der Waals surface area contributed by atoms with Crippen LogP contribution in [0.5, 0.6) is 5.88 Å². The number of nitrogens with zero attached hydrogens (tertiary/aromatic N) is 1. The predicted octanol–water partition coefficient (Wildman–Crippen LogP) is 1.79. The van der Waals surface area contributed by atoms with E-state index in [4.69, 9.17) is 26.2 Å². The average molecular weight is 244 g/mol. The van der Waals surface area contributed by atoms with E-state index in [0.29, 0.717) is 16.6 Å². The number of rotatable bonds is 3. The molecule has 1 fully saturated rings. The molecule has 5 heteroatoms. The molecule has 1 N–H and O–H groups in total. The van der Waals surface area contributed by atoms with E-state index in [2.05, 4.69) is 4.98 Å². The molecule has 0 saturated carbocycles. The molecule has 0 radical (unpaired) electrons. The Bertz CT molecular complexity index is 353. The summed E-state index contributed by atoms with van der Waals surface area (Å²) < 4.78 is 10.9. The van der Waals surface area contributed by atoms with Gasteiger partial charge in [0.1, 0.15) is 6.10 Å². The summed E-state index contributed by atoms with van der Waals surface area (Å²) >= 11 is 5.84. The summed E-state index contributed by atoms with van der Waals surface area (Å²) in [7, 11) is 0. The second kappa shape index (κ2) is 5.48. The molecule has 16 heavy (non-hydrogen) atoms. The fourth-order valence-corrected chi connectivity index (χ4v) is 1.77. The van der Waals surface area contributed by atoms with Crippen LogP contribution in [0.1, 0.15) is 18.5 Å². The molecular formula is C11H14ClNO3. The van der Waals surface area contributed by atoms with Crippen LogP contribution >= 0.6 is 11.6 Å². The van der Waals surface area contributed by atoms with Crippen LogP contribution in [0.4, 0.5) is 0 Å². The molecule has 4 nitrogen and oxygen atoms in total. The van der Waals surface area contributed by atoms with Gasteiger partial charge in [0.25, 0.3) is 0 Å². The summed E-state index contributed by atoms with van der Waals surface area (Å²) in [6.07, 6.45) is 1.89. The summed E-state index contributed by atoms with van der Waals surface area (Å²) in [5.41, 5.74) is 0.450. The zero-order chi connectivity index (χ0) is 11.4. The predicted molar refractivity (Wildman–Crippen MR) is 59.6 cm³/mol. The molecule has 1 saturated heterocycles. The Labute approximate surface area is 99.2 Å². The zero-order valence-electron chi connectivity index (χ0n) is 8.86. The quantitative estimate of drug-likeness (QED) is 0.879. The molecule has 88 valence electrons. The topological polar surface area (TPSA) is 51.6 Å². The van der Waals surface area contributed by atoms with Gasteiger partial charge >= 0.3 is 0 Å². The summed E-state index contributed by atoms with van der Waals surface area (Å²) in [5, 5.41) is 9.49. The lowest BCUT2D eigenvalue weighted by atomic mass is 10.1. The summed E-state index contributed by atoms with van der Waals surface area (Å²) in [6, 6.07) is 3.41. The van der Waals surface area contributed by atoms with E-state index >= 15 is 0 Å². The van der Waals surface area contributed by atoms with Crippen LogP contribution in [0.2, 0.25) is 5.02 Å².